The molecule has 0 bridgehead atoms. The van der Waals surface area contributed by atoms with Crippen LogP contribution in [0.5, 0.6) is 0 Å². The number of tetrazole rings is 1. The Bertz CT molecular complexity index is 987. The molecular formula is C19H16ClN5. The van der Waals surface area contributed by atoms with Crippen LogP contribution in [0.4, 0.5) is 0 Å². The minimum atomic E-state index is 0.595. The van der Waals surface area contributed by atoms with Crippen LogP contribution in [0.2, 0.25) is 5.02 Å². The second-order valence-electron chi connectivity index (χ2n) is 5.91. The van der Waals surface area contributed by atoms with Crippen molar-refractivity contribution in [2.75, 3.05) is 0 Å². The lowest BCUT2D eigenvalue weighted by molar-refractivity contribution is 0.776. The zero-order valence-electron chi connectivity index (χ0n) is 13.6. The molecule has 2 heterocycles. The summed E-state index contributed by atoms with van der Waals surface area (Å²) < 4.78 is 2.14. The Balaban J connectivity index is 1.64. The molecular weight excluding hydrogens is 334 g/mol. The third kappa shape index (κ3) is 3.19. The zero-order chi connectivity index (χ0) is 17.2. The van der Waals surface area contributed by atoms with E-state index in [9.17, 15) is 0 Å². The Kier molecular flexibility index (Phi) is 4.07. The van der Waals surface area contributed by atoms with Crippen LogP contribution >= 0.6 is 11.6 Å². The van der Waals surface area contributed by atoms with Gasteiger partial charge in [-0.2, -0.15) is 5.21 Å². The average molecular weight is 350 g/mol. The summed E-state index contributed by atoms with van der Waals surface area (Å²) >= 11 is 6.06. The quantitative estimate of drug-likeness (QED) is 0.596. The number of benzene rings is 2. The summed E-state index contributed by atoms with van der Waals surface area (Å²) in [6.07, 6.45) is 1.95. The summed E-state index contributed by atoms with van der Waals surface area (Å²) in [4.78, 5) is 0. The Morgan fingerprint density at radius 1 is 1.04 bits per heavy atom. The number of aryl methyl sites for hydroxylation is 1. The highest BCUT2D eigenvalue weighted by molar-refractivity contribution is 6.30. The number of halogens is 1. The van der Waals surface area contributed by atoms with Crippen molar-refractivity contribution in [3.8, 4) is 22.5 Å². The van der Waals surface area contributed by atoms with Gasteiger partial charge in [0.1, 0.15) is 0 Å². The minimum absolute atomic E-state index is 0.595. The molecule has 0 spiro atoms. The van der Waals surface area contributed by atoms with Gasteiger partial charge in [0, 0.05) is 24.0 Å². The lowest BCUT2D eigenvalue weighted by Gasteiger charge is -2.09. The first-order chi connectivity index (χ1) is 12.2. The largest absolute Gasteiger partial charge is 0.346 e. The van der Waals surface area contributed by atoms with Gasteiger partial charge in [-0.25, -0.2) is 0 Å². The molecule has 124 valence electrons. The van der Waals surface area contributed by atoms with E-state index >= 15 is 0 Å². The molecule has 0 aliphatic heterocycles. The van der Waals surface area contributed by atoms with Crippen LogP contribution < -0.4 is 0 Å². The van der Waals surface area contributed by atoms with Crippen molar-refractivity contribution in [1.82, 2.24) is 25.2 Å². The molecule has 0 fully saturated rings. The molecule has 2 aromatic carbocycles. The number of rotatable bonds is 4. The average Bonchev–Trinajstić information content (AvgIpc) is 3.26. The van der Waals surface area contributed by atoms with Gasteiger partial charge in [0.15, 0.2) is 0 Å². The fraction of sp³-hybridized carbons (Fsp3) is 0.105. The second kappa shape index (κ2) is 6.53. The Morgan fingerprint density at radius 3 is 2.44 bits per heavy atom. The third-order valence-electron chi connectivity index (χ3n) is 4.21. The number of hydrogen-bond acceptors (Lipinski definition) is 3. The van der Waals surface area contributed by atoms with Gasteiger partial charge in [-0.1, -0.05) is 60.1 Å². The van der Waals surface area contributed by atoms with Gasteiger partial charge in [-0.15, -0.1) is 10.2 Å². The number of nitrogens with one attached hydrogen (secondary N) is 1. The molecule has 0 aliphatic rings. The first kappa shape index (κ1) is 15.6. The van der Waals surface area contributed by atoms with Crippen LogP contribution in [0.3, 0.4) is 0 Å². The number of nitrogens with zero attached hydrogens (tertiary/aromatic N) is 4. The van der Waals surface area contributed by atoms with Gasteiger partial charge in [0.25, 0.3) is 0 Å². The van der Waals surface area contributed by atoms with Gasteiger partial charge in [0.2, 0.25) is 5.82 Å². The van der Waals surface area contributed by atoms with Gasteiger partial charge < -0.3 is 4.57 Å². The van der Waals surface area contributed by atoms with Crippen LogP contribution in [0, 0.1) is 6.92 Å². The van der Waals surface area contributed by atoms with Crippen molar-refractivity contribution in [1.29, 1.82) is 0 Å². The van der Waals surface area contributed by atoms with E-state index in [0.29, 0.717) is 5.82 Å². The molecule has 4 aromatic rings. The maximum Gasteiger partial charge on any atom is 0.205 e. The Morgan fingerprint density at radius 2 is 1.80 bits per heavy atom. The maximum atomic E-state index is 6.06. The molecule has 0 saturated carbocycles. The molecule has 1 N–H and O–H groups in total. The first-order valence-corrected chi connectivity index (χ1v) is 8.33. The van der Waals surface area contributed by atoms with Crippen LogP contribution in [-0.4, -0.2) is 25.2 Å². The normalized spacial score (nSPS) is 11.0. The standard InChI is InChI=1S/C19H16ClN5/c1-13-10-16(20)12-25(13)11-14-6-8-15(9-7-14)17-4-2-3-5-18(17)19-21-23-24-22-19/h2-10,12H,11H2,1H3,(H,21,22,23,24). The molecule has 25 heavy (non-hydrogen) atoms. The number of hydrogen-bond donors (Lipinski definition) is 1. The topological polar surface area (TPSA) is 59.4 Å². The van der Waals surface area contributed by atoms with Crippen LogP contribution in [0.15, 0.2) is 60.8 Å². The highest BCUT2D eigenvalue weighted by Crippen LogP contribution is 2.29. The predicted octanol–water partition coefficient (Wildman–Crippen LogP) is 4.35. The smallest absolute Gasteiger partial charge is 0.205 e. The SMILES string of the molecule is Cc1cc(Cl)cn1Cc1ccc(-c2ccccc2-c2nn[nH]n2)cc1. The molecule has 4 rings (SSSR count). The van der Waals surface area contributed by atoms with E-state index in [1.165, 1.54) is 5.56 Å². The van der Waals surface area contributed by atoms with E-state index < -0.39 is 0 Å². The highest BCUT2D eigenvalue weighted by atomic mass is 35.5. The van der Waals surface area contributed by atoms with E-state index in [1.54, 1.807) is 0 Å². The second-order valence-corrected chi connectivity index (χ2v) is 6.34. The summed E-state index contributed by atoms with van der Waals surface area (Å²) in [6.45, 7) is 2.85. The lowest BCUT2D eigenvalue weighted by Crippen LogP contribution is -1.99. The first-order valence-electron chi connectivity index (χ1n) is 7.95. The molecule has 5 nitrogen and oxygen atoms in total. The summed E-state index contributed by atoms with van der Waals surface area (Å²) in [7, 11) is 0. The molecule has 0 atom stereocenters. The fourth-order valence-electron chi connectivity index (χ4n) is 2.93. The molecule has 0 unspecified atom stereocenters. The molecule has 0 saturated heterocycles. The van der Waals surface area contributed by atoms with Crippen LogP contribution in [0.25, 0.3) is 22.5 Å². The minimum Gasteiger partial charge on any atom is -0.346 e. The van der Waals surface area contributed by atoms with Gasteiger partial charge in [-0.3, -0.25) is 0 Å². The molecule has 0 aliphatic carbocycles. The van der Waals surface area contributed by atoms with E-state index in [1.807, 2.05) is 30.5 Å². The van der Waals surface area contributed by atoms with E-state index in [4.69, 9.17) is 11.6 Å². The van der Waals surface area contributed by atoms with Crippen molar-refractivity contribution in [3.05, 3.63) is 77.1 Å². The van der Waals surface area contributed by atoms with Crippen molar-refractivity contribution in [3.63, 3.8) is 0 Å². The van der Waals surface area contributed by atoms with E-state index in [2.05, 4.69) is 62.4 Å². The van der Waals surface area contributed by atoms with Crippen LogP contribution in [0.1, 0.15) is 11.3 Å². The summed E-state index contributed by atoms with van der Waals surface area (Å²) in [5.41, 5.74) is 5.52. The van der Waals surface area contributed by atoms with Crippen LogP contribution in [-0.2, 0) is 6.54 Å². The number of aromatic amines is 1. The molecule has 2 aromatic heterocycles. The monoisotopic (exact) mass is 349 g/mol. The predicted molar refractivity (Wildman–Crippen MR) is 98.3 cm³/mol. The molecule has 0 amide bonds. The van der Waals surface area contributed by atoms with Crippen molar-refractivity contribution < 1.29 is 0 Å². The Labute approximate surface area is 150 Å². The van der Waals surface area contributed by atoms with Gasteiger partial charge in [0.05, 0.1) is 5.02 Å². The van der Waals surface area contributed by atoms with E-state index in [-0.39, 0.29) is 0 Å². The summed E-state index contributed by atoms with van der Waals surface area (Å²) in [6, 6.07) is 18.5. The lowest BCUT2D eigenvalue weighted by atomic mass is 9.98. The van der Waals surface area contributed by atoms with E-state index in [0.717, 1.165) is 34.0 Å². The fourth-order valence-corrected chi connectivity index (χ4v) is 3.21. The van der Waals surface area contributed by atoms with Crippen molar-refractivity contribution in [2.45, 2.75) is 13.5 Å². The van der Waals surface area contributed by atoms with Gasteiger partial charge >= 0.3 is 0 Å². The maximum absolute atomic E-state index is 6.06. The zero-order valence-corrected chi connectivity index (χ0v) is 14.4. The summed E-state index contributed by atoms with van der Waals surface area (Å²) in [5.74, 6) is 0.595. The highest BCUT2D eigenvalue weighted by Gasteiger charge is 2.10. The number of aromatic nitrogens is 5. The molecule has 0 radical (unpaired) electrons. The third-order valence-corrected chi connectivity index (χ3v) is 4.42. The van der Waals surface area contributed by atoms with Crippen molar-refractivity contribution in [2.24, 2.45) is 0 Å². The Hall–Kier alpha value is -2.92. The summed E-state index contributed by atoms with van der Waals surface area (Å²) in [5, 5.41) is 15.1. The van der Waals surface area contributed by atoms with Crippen molar-refractivity contribution >= 4 is 11.6 Å². The molecule has 6 heteroatoms. The number of H-pyrrole nitrogens is 1. The van der Waals surface area contributed by atoms with Gasteiger partial charge in [-0.05, 0) is 34.9 Å².